The minimum atomic E-state index is -0.384. The molecule has 1 amide bonds. The molecule has 1 atom stereocenters. The number of carbonyl (C=O) groups is 1. The number of aromatic nitrogens is 1. The smallest absolute Gasteiger partial charge is 0.291 e. The highest BCUT2D eigenvalue weighted by Crippen LogP contribution is 2.19. The molecule has 0 spiro atoms. The van der Waals surface area contributed by atoms with E-state index in [0.29, 0.717) is 12.3 Å². The van der Waals surface area contributed by atoms with Crippen molar-refractivity contribution in [2.75, 3.05) is 13.7 Å². The monoisotopic (exact) mass is 232 g/mol. The Labute approximate surface area is 92.7 Å². The lowest BCUT2D eigenvalue weighted by molar-refractivity contribution is 0.0869. The zero-order valence-electron chi connectivity index (χ0n) is 8.83. The fourth-order valence-corrected chi connectivity index (χ4v) is 1.24. The molecule has 0 bridgehead atoms. The van der Waals surface area contributed by atoms with Crippen molar-refractivity contribution in [2.45, 2.75) is 19.9 Å². The molecule has 0 aromatic carbocycles. The number of ether oxygens (including phenoxy) is 1. The van der Waals surface area contributed by atoms with Gasteiger partial charge in [-0.2, -0.15) is 0 Å². The molecule has 0 saturated carbocycles. The fraction of sp³-hybridized carbons (Fsp3) is 0.556. The summed E-state index contributed by atoms with van der Waals surface area (Å²) in [4.78, 5) is 11.6. The van der Waals surface area contributed by atoms with Gasteiger partial charge in [0.1, 0.15) is 5.02 Å². The van der Waals surface area contributed by atoms with Crippen molar-refractivity contribution in [3.63, 3.8) is 0 Å². The van der Waals surface area contributed by atoms with Gasteiger partial charge in [-0.1, -0.05) is 16.8 Å². The number of nitrogens with zero attached hydrogens (tertiary/aromatic N) is 1. The van der Waals surface area contributed by atoms with Crippen LogP contribution in [0.5, 0.6) is 0 Å². The molecule has 1 N–H and O–H groups in total. The van der Waals surface area contributed by atoms with Crippen LogP contribution in [0.25, 0.3) is 0 Å². The molecule has 6 heteroatoms. The van der Waals surface area contributed by atoms with Crippen molar-refractivity contribution in [3.8, 4) is 0 Å². The van der Waals surface area contributed by atoms with Crippen molar-refractivity contribution in [1.82, 2.24) is 10.5 Å². The highest BCUT2D eigenvalue weighted by Gasteiger charge is 2.19. The molecule has 0 fully saturated rings. The molecule has 1 aromatic rings. The van der Waals surface area contributed by atoms with Crippen LogP contribution in [0.4, 0.5) is 0 Å². The molecular formula is C9H13ClN2O3. The molecule has 84 valence electrons. The molecule has 0 aliphatic heterocycles. The average molecular weight is 233 g/mol. The number of carbonyl (C=O) groups excluding carboxylic acids is 1. The molecule has 1 aromatic heterocycles. The highest BCUT2D eigenvalue weighted by atomic mass is 35.5. The van der Waals surface area contributed by atoms with Crippen molar-refractivity contribution in [3.05, 3.63) is 16.5 Å². The van der Waals surface area contributed by atoms with Crippen LogP contribution >= 0.6 is 11.6 Å². The van der Waals surface area contributed by atoms with E-state index in [0.717, 1.165) is 0 Å². The maximum Gasteiger partial charge on any atom is 0.291 e. The second kappa shape index (κ2) is 5.14. The third-order valence-corrected chi connectivity index (χ3v) is 2.24. The minimum Gasteiger partial charge on any atom is -0.383 e. The Morgan fingerprint density at radius 1 is 1.73 bits per heavy atom. The molecule has 0 unspecified atom stereocenters. The summed E-state index contributed by atoms with van der Waals surface area (Å²) in [5, 5.41) is 6.51. The van der Waals surface area contributed by atoms with Gasteiger partial charge in [0.05, 0.1) is 12.3 Å². The number of methoxy groups -OCH3 is 1. The summed E-state index contributed by atoms with van der Waals surface area (Å²) >= 11 is 5.82. The summed E-state index contributed by atoms with van der Waals surface area (Å²) in [6, 6.07) is -0.107. The molecule has 5 nitrogen and oxygen atoms in total. The largest absolute Gasteiger partial charge is 0.383 e. The van der Waals surface area contributed by atoms with Crippen molar-refractivity contribution >= 4 is 17.5 Å². The number of amides is 1. The topological polar surface area (TPSA) is 64.4 Å². The molecular weight excluding hydrogens is 220 g/mol. The van der Waals surface area contributed by atoms with Gasteiger partial charge in [0.2, 0.25) is 5.76 Å². The second-order valence-electron chi connectivity index (χ2n) is 3.24. The van der Waals surface area contributed by atoms with E-state index in [4.69, 9.17) is 20.9 Å². The van der Waals surface area contributed by atoms with E-state index in [1.54, 1.807) is 14.0 Å². The zero-order chi connectivity index (χ0) is 11.4. The quantitative estimate of drug-likeness (QED) is 0.852. The Bertz CT molecular complexity index is 351. The number of halogens is 1. The molecule has 1 heterocycles. The van der Waals surface area contributed by atoms with Gasteiger partial charge >= 0.3 is 0 Å². The van der Waals surface area contributed by atoms with Crippen LogP contribution in [0.2, 0.25) is 5.02 Å². The lowest BCUT2D eigenvalue weighted by atomic mass is 10.3. The summed E-state index contributed by atoms with van der Waals surface area (Å²) in [7, 11) is 1.56. The first-order valence-electron chi connectivity index (χ1n) is 4.47. The molecule has 0 saturated heterocycles. The standard InChI is InChI=1S/C9H13ClN2O3/c1-5(4-14-3)11-9(13)8-7(10)6(2)12-15-8/h5H,4H2,1-3H3,(H,11,13)/t5-/m1/s1. The first kappa shape index (κ1) is 12.0. The number of aryl methyl sites for hydroxylation is 1. The van der Waals surface area contributed by atoms with Gasteiger partial charge in [0.15, 0.2) is 0 Å². The summed E-state index contributed by atoms with van der Waals surface area (Å²) in [5.41, 5.74) is 0.501. The molecule has 0 aliphatic rings. The van der Waals surface area contributed by atoms with Gasteiger partial charge < -0.3 is 14.6 Å². The number of rotatable bonds is 4. The van der Waals surface area contributed by atoms with Gasteiger partial charge in [-0.3, -0.25) is 4.79 Å². The Kier molecular flexibility index (Phi) is 4.11. The normalized spacial score (nSPS) is 12.5. The van der Waals surface area contributed by atoms with Crippen LogP contribution in [0, 0.1) is 6.92 Å². The summed E-state index contributed by atoms with van der Waals surface area (Å²) in [6.07, 6.45) is 0. The Balaban J connectivity index is 2.65. The van der Waals surface area contributed by atoms with Crippen LogP contribution < -0.4 is 5.32 Å². The van der Waals surface area contributed by atoms with Crippen LogP contribution in [-0.2, 0) is 4.74 Å². The van der Waals surface area contributed by atoms with Crippen molar-refractivity contribution < 1.29 is 14.1 Å². The van der Waals surface area contributed by atoms with E-state index in [1.807, 2.05) is 6.92 Å². The predicted octanol–water partition coefficient (Wildman–Crippen LogP) is 1.40. The minimum absolute atomic E-state index is 0.0390. The maximum absolute atomic E-state index is 11.6. The third kappa shape index (κ3) is 2.94. The Morgan fingerprint density at radius 3 is 2.87 bits per heavy atom. The lowest BCUT2D eigenvalue weighted by Gasteiger charge is -2.10. The first-order valence-corrected chi connectivity index (χ1v) is 4.85. The van der Waals surface area contributed by atoms with E-state index in [9.17, 15) is 4.79 Å². The maximum atomic E-state index is 11.6. The van der Waals surface area contributed by atoms with Gasteiger partial charge in [-0.15, -0.1) is 0 Å². The van der Waals surface area contributed by atoms with E-state index in [-0.39, 0.29) is 22.7 Å². The summed E-state index contributed by atoms with van der Waals surface area (Å²) in [5.74, 6) is -0.345. The summed E-state index contributed by atoms with van der Waals surface area (Å²) < 4.78 is 9.68. The fourth-order valence-electron chi connectivity index (χ4n) is 1.08. The van der Waals surface area contributed by atoms with Crippen LogP contribution in [0.1, 0.15) is 23.2 Å². The van der Waals surface area contributed by atoms with Crippen LogP contribution in [-0.4, -0.2) is 30.8 Å². The number of hydrogen-bond donors (Lipinski definition) is 1. The molecule has 0 aliphatic carbocycles. The second-order valence-corrected chi connectivity index (χ2v) is 3.62. The van der Waals surface area contributed by atoms with Gasteiger partial charge in [0.25, 0.3) is 5.91 Å². The molecule has 15 heavy (non-hydrogen) atoms. The summed E-state index contributed by atoms with van der Waals surface area (Å²) in [6.45, 7) is 3.91. The van der Waals surface area contributed by atoms with Gasteiger partial charge in [-0.25, -0.2) is 0 Å². The number of nitrogens with one attached hydrogen (secondary N) is 1. The Morgan fingerprint density at radius 2 is 2.40 bits per heavy atom. The highest BCUT2D eigenvalue weighted by molar-refractivity contribution is 6.33. The predicted molar refractivity (Wildman–Crippen MR) is 55.1 cm³/mol. The van der Waals surface area contributed by atoms with Gasteiger partial charge in [-0.05, 0) is 13.8 Å². The number of hydrogen-bond acceptors (Lipinski definition) is 4. The SMILES string of the molecule is COC[C@@H](C)NC(=O)c1onc(C)c1Cl. The van der Waals surface area contributed by atoms with E-state index in [2.05, 4.69) is 10.5 Å². The first-order chi connectivity index (χ1) is 7.06. The van der Waals surface area contributed by atoms with Crippen LogP contribution in [0.15, 0.2) is 4.52 Å². The zero-order valence-corrected chi connectivity index (χ0v) is 9.59. The van der Waals surface area contributed by atoms with E-state index in [1.165, 1.54) is 0 Å². The van der Waals surface area contributed by atoms with Crippen LogP contribution in [0.3, 0.4) is 0 Å². The van der Waals surface area contributed by atoms with Crippen molar-refractivity contribution in [2.24, 2.45) is 0 Å². The average Bonchev–Trinajstić information content (AvgIpc) is 2.48. The third-order valence-electron chi connectivity index (χ3n) is 1.79. The lowest BCUT2D eigenvalue weighted by Crippen LogP contribution is -2.35. The molecule has 0 radical (unpaired) electrons. The van der Waals surface area contributed by atoms with E-state index < -0.39 is 0 Å². The van der Waals surface area contributed by atoms with E-state index >= 15 is 0 Å². The Hall–Kier alpha value is -1.07. The van der Waals surface area contributed by atoms with Crippen molar-refractivity contribution in [1.29, 1.82) is 0 Å². The molecule has 1 rings (SSSR count). The van der Waals surface area contributed by atoms with Gasteiger partial charge in [0, 0.05) is 13.2 Å².